The largest absolute Gasteiger partial charge is 0.326 e. The van der Waals surface area contributed by atoms with Crippen LogP contribution < -0.4 is 10.6 Å². The van der Waals surface area contributed by atoms with Crippen LogP contribution in [0.25, 0.3) is 0 Å². The topological polar surface area (TPSA) is 85.0 Å². The highest BCUT2D eigenvalue weighted by Crippen LogP contribution is 2.35. The minimum absolute atomic E-state index is 0.0156. The Kier molecular flexibility index (Phi) is 5.79. The van der Waals surface area contributed by atoms with Crippen molar-refractivity contribution in [3.63, 3.8) is 0 Å². The third-order valence-electron chi connectivity index (χ3n) is 6.62. The SMILES string of the molecule is Cc1cccc(C)c1NC(=O)CN1CCN(CN2C(=O)NC3(CCCC3)C2=O)CC1. The lowest BCUT2D eigenvalue weighted by Crippen LogP contribution is -2.52. The van der Waals surface area contributed by atoms with Gasteiger partial charge in [-0.1, -0.05) is 31.0 Å². The molecule has 2 N–H and O–H groups in total. The van der Waals surface area contributed by atoms with Crippen molar-refractivity contribution >= 4 is 23.5 Å². The molecular weight excluding hydrogens is 382 g/mol. The zero-order valence-corrected chi connectivity index (χ0v) is 17.9. The molecule has 3 fully saturated rings. The summed E-state index contributed by atoms with van der Waals surface area (Å²) in [5, 5.41) is 5.97. The molecule has 162 valence electrons. The minimum atomic E-state index is -0.648. The molecule has 2 heterocycles. The third kappa shape index (κ3) is 4.06. The number of nitrogens with zero attached hydrogens (tertiary/aromatic N) is 3. The third-order valence-corrected chi connectivity index (χ3v) is 6.62. The molecule has 0 aromatic heterocycles. The van der Waals surface area contributed by atoms with Gasteiger partial charge in [-0.3, -0.25) is 19.4 Å². The first kappa shape index (κ1) is 20.8. The lowest BCUT2D eigenvalue weighted by molar-refractivity contribution is -0.132. The van der Waals surface area contributed by atoms with Gasteiger partial charge in [0.05, 0.1) is 13.2 Å². The molecule has 1 aromatic rings. The number of anilines is 1. The van der Waals surface area contributed by atoms with E-state index in [0.29, 0.717) is 13.2 Å². The van der Waals surface area contributed by atoms with Crippen LogP contribution in [0.15, 0.2) is 18.2 Å². The van der Waals surface area contributed by atoms with Crippen LogP contribution >= 0.6 is 0 Å². The number of piperazine rings is 1. The van der Waals surface area contributed by atoms with E-state index < -0.39 is 5.54 Å². The number of rotatable bonds is 5. The van der Waals surface area contributed by atoms with Gasteiger partial charge in [-0.15, -0.1) is 0 Å². The summed E-state index contributed by atoms with van der Waals surface area (Å²) in [5.74, 6) is -0.0847. The number of hydrogen-bond donors (Lipinski definition) is 2. The molecule has 8 nitrogen and oxygen atoms in total. The second kappa shape index (κ2) is 8.35. The number of urea groups is 1. The number of imide groups is 1. The summed E-state index contributed by atoms with van der Waals surface area (Å²) < 4.78 is 0. The first-order valence-electron chi connectivity index (χ1n) is 10.8. The maximum absolute atomic E-state index is 12.8. The normalized spacial score (nSPS) is 22.0. The Bertz CT molecular complexity index is 821. The number of benzene rings is 1. The van der Waals surface area contributed by atoms with Crippen LogP contribution in [-0.4, -0.2) is 77.5 Å². The average molecular weight is 414 g/mol. The predicted molar refractivity (Wildman–Crippen MR) is 114 cm³/mol. The minimum Gasteiger partial charge on any atom is -0.324 e. The van der Waals surface area contributed by atoms with Gasteiger partial charge in [0.25, 0.3) is 5.91 Å². The molecule has 1 aliphatic carbocycles. The van der Waals surface area contributed by atoms with Crippen LogP contribution in [0.4, 0.5) is 10.5 Å². The Morgan fingerprint density at radius 2 is 1.63 bits per heavy atom. The fourth-order valence-corrected chi connectivity index (χ4v) is 4.80. The summed E-state index contributed by atoms with van der Waals surface area (Å²) in [5.41, 5.74) is 2.36. The van der Waals surface area contributed by atoms with Gasteiger partial charge in [0.15, 0.2) is 0 Å². The van der Waals surface area contributed by atoms with Crippen molar-refractivity contribution in [2.24, 2.45) is 0 Å². The highest BCUT2D eigenvalue weighted by molar-refractivity contribution is 6.07. The molecule has 2 saturated heterocycles. The summed E-state index contributed by atoms with van der Waals surface area (Å²) in [6, 6.07) is 5.71. The van der Waals surface area contributed by atoms with E-state index in [1.807, 2.05) is 32.0 Å². The van der Waals surface area contributed by atoms with Crippen LogP contribution in [0.2, 0.25) is 0 Å². The molecule has 0 radical (unpaired) electrons. The van der Waals surface area contributed by atoms with Crippen molar-refractivity contribution in [1.82, 2.24) is 20.0 Å². The molecule has 1 spiro atoms. The van der Waals surface area contributed by atoms with Crippen LogP contribution in [-0.2, 0) is 9.59 Å². The van der Waals surface area contributed by atoms with E-state index in [1.165, 1.54) is 4.90 Å². The summed E-state index contributed by atoms with van der Waals surface area (Å²) in [6.45, 7) is 7.56. The molecule has 1 aromatic carbocycles. The van der Waals surface area contributed by atoms with E-state index >= 15 is 0 Å². The van der Waals surface area contributed by atoms with E-state index in [4.69, 9.17) is 0 Å². The van der Waals surface area contributed by atoms with Gasteiger partial charge in [-0.05, 0) is 37.8 Å². The highest BCUT2D eigenvalue weighted by Gasteiger charge is 2.52. The molecule has 2 aliphatic heterocycles. The Hall–Kier alpha value is -2.45. The van der Waals surface area contributed by atoms with Crippen molar-refractivity contribution in [2.45, 2.75) is 45.1 Å². The monoisotopic (exact) mass is 413 g/mol. The number of amides is 4. The first-order valence-corrected chi connectivity index (χ1v) is 10.8. The zero-order chi connectivity index (χ0) is 21.3. The first-order chi connectivity index (χ1) is 14.4. The van der Waals surface area contributed by atoms with Crippen molar-refractivity contribution in [3.05, 3.63) is 29.3 Å². The van der Waals surface area contributed by atoms with Crippen molar-refractivity contribution in [1.29, 1.82) is 0 Å². The highest BCUT2D eigenvalue weighted by atomic mass is 16.2. The fourth-order valence-electron chi connectivity index (χ4n) is 4.80. The predicted octanol–water partition coefficient (Wildman–Crippen LogP) is 1.68. The lowest BCUT2D eigenvalue weighted by Gasteiger charge is -2.35. The van der Waals surface area contributed by atoms with Gasteiger partial charge in [-0.25, -0.2) is 9.69 Å². The maximum atomic E-state index is 12.8. The molecule has 4 rings (SSSR count). The fraction of sp³-hybridized carbons (Fsp3) is 0.591. The van der Waals surface area contributed by atoms with E-state index in [0.717, 1.165) is 68.7 Å². The van der Waals surface area contributed by atoms with Crippen molar-refractivity contribution < 1.29 is 14.4 Å². The van der Waals surface area contributed by atoms with Crippen LogP contribution in [0, 0.1) is 13.8 Å². The average Bonchev–Trinajstić information content (AvgIpc) is 3.27. The molecule has 8 heteroatoms. The van der Waals surface area contributed by atoms with E-state index in [-0.39, 0.29) is 17.8 Å². The molecule has 1 saturated carbocycles. The molecule has 0 unspecified atom stereocenters. The van der Waals surface area contributed by atoms with Crippen molar-refractivity contribution in [2.75, 3.05) is 44.7 Å². The Labute approximate surface area is 177 Å². The number of hydrogen-bond acceptors (Lipinski definition) is 5. The van der Waals surface area contributed by atoms with Crippen molar-refractivity contribution in [3.8, 4) is 0 Å². The van der Waals surface area contributed by atoms with Gasteiger partial charge >= 0.3 is 6.03 Å². The number of para-hydroxylation sites is 1. The molecule has 3 aliphatic rings. The molecule has 30 heavy (non-hydrogen) atoms. The summed E-state index contributed by atoms with van der Waals surface area (Å²) >= 11 is 0. The molecule has 4 amide bonds. The smallest absolute Gasteiger partial charge is 0.324 e. The summed E-state index contributed by atoms with van der Waals surface area (Å²) in [7, 11) is 0. The Morgan fingerprint density at radius 1 is 1.03 bits per heavy atom. The quantitative estimate of drug-likeness (QED) is 0.718. The van der Waals surface area contributed by atoms with E-state index in [1.54, 1.807) is 0 Å². The number of carbonyl (C=O) groups excluding carboxylic acids is 3. The van der Waals surface area contributed by atoms with Gasteiger partial charge in [0, 0.05) is 31.9 Å². The zero-order valence-electron chi connectivity index (χ0n) is 17.9. The lowest BCUT2D eigenvalue weighted by atomic mass is 9.98. The van der Waals surface area contributed by atoms with Crippen LogP contribution in [0.5, 0.6) is 0 Å². The second-order valence-electron chi connectivity index (χ2n) is 8.80. The second-order valence-corrected chi connectivity index (χ2v) is 8.80. The number of carbonyl (C=O) groups is 3. The number of nitrogens with one attached hydrogen (secondary N) is 2. The molecule has 0 bridgehead atoms. The van der Waals surface area contributed by atoms with E-state index in [9.17, 15) is 14.4 Å². The van der Waals surface area contributed by atoms with E-state index in [2.05, 4.69) is 20.4 Å². The maximum Gasteiger partial charge on any atom is 0.326 e. The Morgan fingerprint density at radius 3 is 2.27 bits per heavy atom. The van der Waals surface area contributed by atoms with Crippen LogP contribution in [0.3, 0.4) is 0 Å². The number of aryl methyl sites for hydroxylation is 2. The summed E-state index contributed by atoms with van der Waals surface area (Å²) in [6.07, 6.45) is 3.47. The molecular formula is C22H31N5O3. The Balaban J connectivity index is 1.26. The van der Waals surface area contributed by atoms with Gasteiger partial charge in [0.2, 0.25) is 5.91 Å². The standard InChI is InChI=1S/C22H31N5O3/c1-16-6-5-7-17(2)19(16)23-18(28)14-25-10-12-26(13-11-25)15-27-20(29)22(24-21(27)30)8-3-4-9-22/h5-7H,3-4,8-15H2,1-2H3,(H,23,28)(H,24,30). The van der Waals surface area contributed by atoms with Gasteiger partial charge in [-0.2, -0.15) is 0 Å². The van der Waals surface area contributed by atoms with Gasteiger partial charge < -0.3 is 10.6 Å². The van der Waals surface area contributed by atoms with Gasteiger partial charge in [0.1, 0.15) is 5.54 Å². The van der Waals surface area contributed by atoms with Crippen LogP contribution in [0.1, 0.15) is 36.8 Å². The molecule has 0 atom stereocenters. The summed E-state index contributed by atoms with van der Waals surface area (Å²) in [4.78, 5) is 43.3.